The van der Waals surface area contributed by atoms with Crippen LogP contribution < -0.4 is 5.32 Å². The minimum atomic E-state index is -0.00306. The van der Waals surface area contributed by atoms with Crippen LogP contribution >= 0.6 is 12.4 Å². The minimum absolute atomic E-state index is 0. The average molecular weight is 375 g/mol. The van der Waals surface area contributed by atoms with Crippen LogP contribution in [0.2, 0.25) is 0 Å². The van der Waals surface area contributed by atoms with Crippen LogP contribution in [0, 0.1) is 0 Å². The maximum atomic E-state index is 12.2. The number of fused-ring (bicyclic) bond motifs is 1. The van der Waals surface area contributed by atoms with Crippen molar-refractivity contribution in [2.24, 2.45) is 0 Å². The van der Waals surface area contributed by atoms with Crippen molar-refractivity contribution in [2.75, 3.05) is 13.7 Å². The molecule has 0 aliphatic carbocycles. The van der Waals surface area contributed by atoms with Gasteiger partial charge in [0.05, 0.1) is 12.3 Å². The third-order valence-corrected chi connectivity index (χ3v) is 4.02. The molecule has 26 heavy (non-hydrogen) atoms. The number of hydrogen-bond donors (Lipinski definition) is 1. The van der Waals surface area contributed by atoms with Crippen LogP contribution in [0.15, 0.2) is 48.9 Å². The Morgan fingerprint density at radius 2 is 2.04 bits per heavy atom. The number of nitrogens with zero attached hydrogens (tertiary/aromatic N) is 3. The maximum Gasteiger partial charge on any atom is 0.222 e. The van der Waals surface area contributed by atoms with E-state index in [2.05, 4.69) is 25.9 Å². The van der Waals surface area contributed by atoms with E-state index in [4.69, 9.17) is 4.74 Å². The third-order valence-electron chi connectivity index (χ3n) is 4.02. The summed E-state index contributed by atoms with van der Waals surface area (Å²) in [6, 6.07) is 9.98. The summed E-state index contributed by atoms with van der Waals surface area (Å²) in [6.45, 7) is 2.99. The Morgan fingerprint density at radius 3 is 2.77 bits per heavy atom. The number of aryl methyl sites for hydroxylation is 1. The van der Waals surface area contributed by atoms with Crippen LogP contribution in [0.3, 0.4) is 0 Å². The molecule has 0 spiro atoms. The lowest BCUT2D eigenvalue weighted by Gasteiger charge is -2.14. The summed E-state index contributed by atoms with van der Waals surface area (Å²) < 4.78 is 7.14. The molecule has 0 saturated carbocycles. The van der Waals surface area contributed by atoms with Gasteiger partial charge in [-0.2, -0.15) is 0 Å². The lowest BCUT2D eigenvalue weighted by atomic mass is 10.2. The molecule has 1 N–H and O–H groups in total. The summed E-state index contributed by atoms with van der Waals surface area (Å²) in [4.78, 5) is 20.8. The number of halogens is 1. The van der Waals surface area contributed by atoms with E-state index in [1.165, 1.54) is 0 Å². The number of aromatic nitrogens is 3. The molecular formula is C19H23ClN4O2. The van der Waals surface area contributed by atoms with Gasteiger partial charge in [0.1, 0.15) is 5.65 Å². The SMILES string of the molecule is COCC(C)NC(=O)CCn1c(-c2ccncc2)cc2cccnc21.Cl. The van der Waals surface area contributed by atoms with Gasteiger partial charge in [0.25, 0.3) is 0 Å². The smallest absolute Gasteiger partial charge is 0.222 e. The van der Waals surface area contributed by atoms with Gasteiger partial charge in [0.2, 0.25) is 5.91 Å². The summed E-state index contributed by atoms with van der Waals surface area (Å²) in [7, 11) is 1.63. The van der Waals surface area contributed by atoms with Gasteiger partial charge in [0, 0.05) is 55.7 Å². The molecule has 0 aliphatic rings. The third kappa shape index (κ3) is 4.59. The highest BCUT2D eigenvalue weighted by molar-refractivity contribution is 5.85. The van der Waals surface area contributed by atoms with Crippen molar-refractivity contribution in [3.8, 4) is 11.3 Å². The summed E-state index contributed by atoms with van der Waals surface area (Å²) in [5, 5.41) is 4.00. The molecule has 3 aromatic rings. The number of hydrogen-bond acceptors (Lipinski definition) is 4. The van der Waals surface area contributed by atoms with Crippen molar-refractivity contribution >= 4 is 29.3 Å². The second kappa shape index (κ2) is 9.31. The maximum absolute atomic E-state index is 12.2. The Hall–Kier alpha value is -2.44. The molecule has 0 saturated heterocycles. The fourth-order valence-electron chi connectivity index (χ4n) is 2.93. The number of carbonyl (C=O) groups is 1. The number of rotatable bonds is 7. The second-order valence-corrected chi connectivity index (χ2v) is 6.01. The largest absolute Gasteiger partial charge is 0.383 e. The van der Waals surface area contributed by atoms with Crippen molar-refractivity contribution in [2.45, 2.75) is 25.9 Å². The summed E-state index contributed by atoms with van der Waals surface area (Å²) >= 11 is 0. The van der Waals surface area contributed by atoms with Crippen molar-refractivity contribution in [1.29, 1.82) is 0 Å². The van der Waals surface area contributed by atoms with Crippen molar-refractivity contribution in [1.82, 2.24) is 19.9 Å². The highest BCUT2D eigenvalue weighted by atomic mass is 35.5. The average Bonchev–Trinajstić information content (AvgIpc) is 2.99. The second-order valence-electron chi connectivity index (χ2n) is 6.01. The molecule has 3 heterocycles. The Kier molecular flexibility index (Phi) is 7.12. The zero-order chi connectivity index (χ0) is 17.6. The van der Waals surface area contributed by atoms with E-state index in [1.807, 2.05) is 31.2 Å². The Labute approximate surface area is 159 Å². The standard InChI is InChI=1S/C19H22N4O2.ClH/c1-14(13-25-2)22-18(24)7-11-23-17(15-5-9-20-10-6-15)12-16-4-3-8-21-19(16)23;/h3-6,8-10,12,14H,7,11,13H2,1-2H3,(H,22,24);1H. The van der Waals surface area contributed by atoms with Crippen LogP contribution in [-0.4, -0.2) is 40.2 Å². The first-order chi connectivity index (χ1) is 12.2. The Balaban J connectivity index is 0.00000243. The number of amides is 1. The van der Waals surface area contributed by atoms with E-state index >= 15 is 0 Å². The lowest BCUT2D eigenvalue weighted by Crippen LogP contribution is -2.36. The molecular weight excluding hydrogens is 352 g/mol. The van der Waals surface area contributed by atoms with Gasteiger partial charge in [-0.05, 0) is 37.3 Å². The van der Waals surface area contributed by atoms with Crippen molar-refractivity contribution < 1.29 is 9.53 Å². The molecule has 0 aromatic carbocycles. The van der Waals surface area contributed by atoms with Crippen molar-refractivity contribution in [3.63, 3.8) is 0 Å². The summed E-state index contributed by atoms with van der Waals surface area (Å²) in [5.74, 6) is 0.00279. The lowest BCUT2D eigenvalue weighted by molar-refractivity contribution is -0.122. The summed E-state index contributed by atoms with van der Waals surface area (Å²) in [5.41, 5.74) is 2.97. The van der Waals surface area contributed by atoms with Gasteiger partial charge in [-0.25, -0.2) is 4.98 Å². The normalized spacial score (nSPS) is 11.8. The summed E-state index contributed by atoms with van der Waals surface area (Å²) in [6.07, 6.45) is 5.69. The van der Waals surface area contributed by atoms with Crippen LogP contribution in [-0.2, 0) is 16.1 Å². The zero-order valence-electron chi connectivity index (χ0n) is 14.9. The first-order valence-corrected chi connectivity index (χ1v) is 8.32. The molecule has 7 heteroatoms. The van der Waals surface area contributed by atoms with Gasteiger partial charge < -0.3 is 14.6 Å². The molecule has 1 unspecified atom stereocenters. The number of pyridine rings is 2. The fraction of sp³-hybridized carbons (Fsp3) is 0.316. The van der Waals surface area contributed by atoms with E-state index in [0.29, 0.717) is 19.6 Å². The molecule has 3 aromatic heterocycles. The highest BCUT2D eigenvalue weighted by Gasteiger charge is 2.13. The molecule has 0 fully saturated rings. The number of nitrogens with one attached hydrogen (secondary N) is 1. The van der Waals surface area contributed by atoms with E-state index in [-0.39, 0.29) is 24.4 Å². The van der Waals surface area contributed by atoms with E-state index in [9.17, 15) is 4.79 Å². The first kappa shape index (κ1) is 19.9. The van der Waals surface area contributed by atoms with Gasteiger partial charge >= 0.3 is 0 Å². The fourth-order valence-corrected chi connectivity index (χ4v) is 2.93. The van der Waals surface area contributed by atoms with E-state index < -0.39 is 0 Å². The zero-order valence-corrected chi connectivity index (χ0v) is 15.7. The molecule has 0 aliphatic heterocycles. The van der Waals surface area contributed by atoms with Gasteiger partial charge in [-0.15, -0.1) is 12.4 Å². The van der Waals surface area contributed by atoms with Gasteiger partial charge in [0.15, 0.2) is 0 Å². The molecule has 6 nitrogen and oxygen atoms in total. The predicted octanol–water partition coefficient (Wildman–Crippen LogP) is 3.06. The Bertz CT molecular complexity index is 851. The molecule has 1 amide bonds. The monoisotopic (exact) mass is 374 g/mol. The van der Waals surface area contributed by atoms with Crippen LogP contribution in [0.25, 0.3) is 22.3 Å². The number of ether oxygens (including phenoxy) is 1. The molecule has 138 valence electrons. The Morgan fingerprint density at radius 1 is 1.27 bits per heavy atom. The first-order valence-electron chi connectivity index (χ1n) is 8.32. The van der Waals surface area contributed by atoms with Crippen LogP contribution in [0.1, 0.15) is 13.3 Å². The number of methoxy groups -OCH3 is 1. The predicted molar refractivity (Wildman–Crippen MR) is 104 cm³/mol. The van der Waals surface area contributed by atoms with E-state index in [1.54, 1.807) is 25.7 Å². The van der Waals surface area contributed by atoms with E-state index in [0.717, 1.165) is 22.3 Å². The van der Waals surface area contributed by atoms with Crippen LogP contribution in [0.4, 0.5) is 0 Å². The van der Waals surface area contributed by atoms with Crippen molar-refractivity contribution in [3.05, 3.63) is 48.9 Å². The topological polar surface area (TPSA) is 69.0 Å². The molecule has 1 atom stereocenters. The van der Waals surface area contributed by atoms with Gasteiger partial charge in [-0.1, -0.05) is 0 Å². The van der Waals surface area contributed by atoms with Gasteiger partial charge in [-0.3, -0.25) is 9.78 Å². The quantitative estimate of drug-likeness (QED) is 0.690. The highest BCUT2D eigenvalue weighted by Crippen LogP contribution is 2.27. The molecule has 3 rings (SSSR count). The molecule has 0 radical (unpaired) electrons. The molecule has 0 bridgehead atoms. The van der Waals surface area contributed by atoms with Crippen LogP contribution in [0.5, 0.6) is 0 Å². The minimum Gasteiger partial charge on any atom is -0.383 e. The number of carbonyl (C=O) groups excluding carboxylic acids is 1.